The number of nitrogens with zero attached hydrogens (tertiary/aromatic N) is 4. The van der Waals surface area contributed by atoms with Crippen molar-refractivity contribution in [2.24, 2.45) is 28.2 Å². The third-order valence-electron chi connectivity index (χ3n) is 10.2. The van der Waals surface area contributed by atoms with Crippen molar-refractivity contribution < 1.29 is 14.2 Å². The van der Waals surface area contributed by atoms with Crippen molar-refractivity contribution in [1.29, 1.82) is 0 Å². The third-order valence-corrected chi connectivity index (χ3v) is 10.2. The zero-order valence-corrected chi connectivity index (χ0v) is 25.5. The summed E-state index contributed by atoms with van der Waals surface area (Å²) >= 11 is 0. The van der Waals surface area contributed by atoms with Crippen LogP contribution in [-0.2, 0) is 13.0 Å². The van der Waals surface area contributed by atoms with Gasteiger partial charge < -0.3 is 25.4 Å². The molecular weight excluding hydrogens is 547 g/mol. The highest BCUT2D eigenvalue weighted by molar-refractivity contribution is 5.96. The van der Waals surface area contributed by atoms with Crippen LogP contribution in [0.5, 0.6) is 5.75 Å². The number of ether oxygens (including phenoxy) is 1. The first kappa shape index (κ1) is 29.6. The average molecular weight is 591 g/mol. The minimum absolute atomic E-state index is 0.0655. The summed E-state index contributed by atoms with van der Waals surface area (Å²) < 4.78 is 21.0. The number of anilines is 1. The highest BCUT2D eigenvalue weighted by atomic mass is 19.1. The van der Waals surface area contributed by atoms with Gasteiger partial charge in [-0.15, -0.1) is 0 Å². The lowest BCUT2D eigenvalue weighted by Crippen LogP contribution is -2.59. The van der Waals surface area contributed by atoms with Gasteiger partial charge in [0.1, 0.15) is 11.6 Å². The molecular formula is C33H43FN6O3. The van der Waals surface area contributed by atoms with Gasteiger partial charge in [-0.2, -0.15) is 0 Å². The van der Waals surface area contributed by atoms with Crippen molar-refractivity contribution in [1.82, 2.24) is 19.8 Å². The molecule has 2 heterocycles. The molecule has 1 unspecified atom stereocenters. The van der Waals surface area contributed by atoms with Crippen LogP contribution in [0.4, 0.5) is 10.1 Å². The smallest absolute Gasteiger partial charge is 0.261 e. The Bertz CT molecular complexity index is 1570. The van der Waals surface area contributed by atoms with Crippen LogP contribution in [0, 0.1) is 29.0 Å². The molecule has 2 aromatic carbocycles. The molecule has 3 N–H and O–H groups in total. The molecule has 1 saturated heterocycles. The van der Waals surface area contributed by atoms with Crippen molar-refractivity contribution in [2.75, 3.05) is 38.7 Å². The predicted molar refractivity (Wildman–Crippen MR) is 167 cm³/mol. The highest BCUT2D eigenvalue weighted by Gasteiger charge is 2.57. The molecule has 9 nitrogen and oxygen atoms in total. The Morgan fingerprint density at radius 3 is 2.81 bits per heavy atom. The largest absolute Gasteiger partial charge is 0.497 e. The van der Waals surface area contributed by atoms with Crippen molar-refractivity contribution in [3.63, 3.8) is 0 Å². The summed E-state index contributed by atoms with van der Waals surface area (Å²) in [6.45, 7) is 9.83. The fraction of sp³-hybridized carbons (Fsp3) is 0.545. The Hall–Kier alpha value is -3.50. The van der Waals surface area contributed by atoms with Gasteiger partial charge in [0.2, 0.25) is 0 Å². The molecule has 0 radical (unpaired) electrons. The molecule has 1 aromatic heterocycles. The Labute approximate surface area is 252 Å². The van der Waals surface area contributed by atoms with Crippen molar-refractivity contribution >= 4 is 22.5 Å². The molecule has 7 rings (SSSR count). The minimum Gasteiger partial charge on any atom is -0.497 e. The number of methoxy groups -OCH3 is 1. The normalized spacial score (nSPS) is 26.7. The van der Waals surface area contributed by atoms with Crippen LogP contribution >= 0.6 is 0 Å². The third kappa shape index (κ3) is 5.74. The zero-order valence-electron chi connectivity index (χ0n) is 25.5. The van der Waals surface area contributed by atoms with Gasteiger partial charge in [-0.3, -0.25) is 9.36 Å². The first-order chi connectivity index (χ1) is 20.7. The topological polar surface area (TPSA) is 104 Å². The van der Waals surface area contributed by atoms with Crippen LogP contribution in [0.1, 0.15) is 39.2 Å². The number of rotatable bonds is 7. The van der Waals surface area contributed by atoms with E-state index in [0.29, 0.717) is 53.1 Å². The Morgan fingerprint density at radius 2 is 2.09 bits per heavy atom. The molecule has 3 saturated carbocycles. The second kappa shape index (κ2) is 11.9. The fourth-order valence-electron chi connectivity index (χ4n) is 7.41. The van der Waals surface area contributed by atoms with E-state index in [2.05, 4.69) is 41.3 Å². The van der Waals surface area contributed by atoms with Gasteiger partial charge >= 0.3 is 0 Å². The molecule has 5 atom stereocenters. The molecule has 43 heavy (non-hydrogen) atoms. The lowest BCUT2D eigenvalue weighted by molar-refractivity contribution is -0.125. The molecule has 3 aliphatic carbocycles. The molecule has 4 fully saturated rings. The predicted octanol–water partition coefficient (Wildman–Crippen LogP) is 3.89. The van der Waals surface area contributed by atoms with Crippen molar-refractivity contribution in [2.45, 2.75) is 58.7 Å². The number of aryl methyl sites for hydroxylation is 2. The number of aromatic nitrogens is 2. The number of hydrogen-bond acceptors (Lipinski definition) is 6. The van der Waals surface area contributed by atoms with Gasteiger partial charge in [0.05, 0.1) is 30.4 Å². The second-order valence-electron chi connectivity index (χ2n) is 13.1. The van der Waals surface area contributed by atoms with Gasteiger partial charge in [0.25, 0.3) is 5.56 Å². The van der Waals surface area contributed by atoms with E-state index >= 15 is 0 Å². The lowest BCUT2D eigenvalue weighted by Gasteiger charge is -2.61. The molecule has 3 aromatic rings. The Kier molecular flexibility index (Phi) is 8.17. The molecule has 2 bridgehead atoms. The Balaban J connectivity index is 1.23. The van der Waals surface area contributed by atoms with Crippen LogP contribution in [-0.4, -0.2) is 71.0 Å². The van der Waals surface area contributed by atoms with E-state index in [0.717, 1.165) is 37.7 Å². The SMILES string of the molecule is COc1ccc(CCn2cnc3cc(NC(=NC4C[C@@H]5C[C@H]([C@@H]4CO)C5(C)C)N4CCN[C@@H](C)C4)ccc3c2=O)c(F)c1. The maximum atomic E-state index is 14.4. The molecule has 1 aliphatic heterocycles. The summed E-state index contributed by atoms with van der Waals surface area (Å²) in [7, 11) is 1.50. The van der Waals surface area contributed by atoms with Gasteiger partial charge in [-0.05, 0) is 73.3 Å². The van der Waals surface area contributed by atoms with Gasteiger partial charge in [-0.1, -0.05) is 19.9 Å². The first-order valence-corrected chi connectivity index (χ1v) is 15.4. The number of hydrogen-bond donors (Lipinski definition) is 3. The standard InChI is InChI=1S/C33H43FN6O3/c1-20-17-39(12-10-35-20)32(38-30-14-22-13-27(26(30)18-41)33(22,2)3)37-23-6-8-25-29(15-23)36-19-40(31(25)42)11-9-21-5-7-24(43-4)16-28(21)34/h5-8,15-16,19-20,22,26-27,30,35,41H,9-14,17-18H2,1-4H3,(H,37,38)/t20-,22-,26-,27+,30?/m0/s1. The first-order valence-electron chi connectivity index (χ1n) is 15.4. The molecule has 10 heteroatoms. The molecule has 230 valence electrons. The second-order valence-corrected chi connectivity index (χ2v) is 13.1. The average Bonchev–Trinajstić information content (AvgIpc) is 3.00. The van der Waals surface area contributed by atoms with E-state index in [4.69, 9.17) is 9.73 Å². The summed E-state index contributed by atoms with van der Waals surface area (Å²) in [4.78, 5) is 25.5. The summed E-state index contributed by atoms with van der Waals surface area (Å²) in [5.74, 6) is 2.19. The molecule has 0 amide bonds. The van der Waals surface area contributed by atoms with Gasteiger partial charge in [0.15, 0.2) is 5.96 Å². The quantitative estimate of drug-likeness (QED) is 0.283. The van der Waals surface area contributed by atoms with E-state index < -0.39 is 0 Å². The van der Waals surface area contributed by atoms with Crippen LogP contribution in [0.3, 0.4) is 0 Å². The summed E-state index contributed by atoms with van der Waals surface area (Å²) in [6.07, 6.45) is 4.06. The monoisotopic (exact) mass is 590 g/mol. The van der Waals surface area contributed by atoms with Crippen molar-refractivity contribution in [3.05, 3.63) is 64.5 Å². The number of fused-ring (bicyclic) bond motifs is 3. The maximum Gasteiger partial charge on any atom is 0.261 e. The number of aliphatic hydroxyl groups excluding tert-OH is 1. The summed E-state index contributed by atoms with van der Waals surface area (Å²) in [6, 6.07) is 10.7. The number of guanidine groups is 1. The fourth-order valence-corrected chi connectivity index (χ4v) is 7.41. The zero-order chi connectivity index (χ0) is 30.3. The van der Waals surface area contributed by atoms with E-state index in [9.17, 15) is 14.3 Å². The van der Waals surface area contributed by atoms with Crippen LogP contribution in [0.2, 0.25) is 0 Å². The van der Waals surface area contributed by atoms with Gasteiger partial charge in [0, 0.05) is 56.5 Å². The lowest BCUT2D eigenvalue weighted by atomic mass is 9.44. The van der Waals surface area contributed by atoms with E-state index in [1.54, 1.807) is 18.2 Å². The maximum absolute atomic E-state index is 14.4. The number of aliphatic hydroxyl groups is 1. The van der Waals surface area contributed by atoms with E-state index in [-0.39, 0.29) is 35.4 Å². The number of halogens is 1. The number of nitrogens with one attached hydrogen (secondary N) is 2. The van der Waals surface area contributed by atoms with E-state index in [1.807, 2.05) is 12.1 Å². The Morgan fingerprint density at radius 1 is 1.26 bits per heavy atom. The molecule has 0 spiro atoms. The number of piperazine rings is 1. The van der Waals surface area contributed by atoms with Crippen LogP contribution in [0.25, 0.3) is 10.9 Å². The summed E-state index contributed by atoms with van der Waals surface area (Å²) in [5, 5.41) is 18.0. The molecule has 4 aliphatic rings. The van der Waals surface area contributed by atoms with E-state index in [1.165, 1.54) is 30.5 Å². The number of aliphatic imine (C=N–C) groups is 1. The minimum atomic E-state index is -0.354. The van der Waals surface area contributed by atoms with Gasteiger partial charge in [-0.25, -0.2) is 14.4 Å². The van der Waals surface area contributed by atoms with Crippen LogP contribution in [0.15, 0.2) is 52.5 Å². The number of benzene rings is 2. The highest BCUT2D eigenvalue weighted by Crippen LogP contribution is 2.61. The van der Waals surface area contributed by atoms with Crippen molar-refractivity contribution in [3.8, 4) is 5.75 Å². The summed E-state index contributed by atoms with van der Waals surface area (Å²) in [5.41, 5.74) is 2.01. The van der Waals surface area contributed by atoms with Crippen LogP contribution < -0.4 is 20.9 Å².